The molecule has 8 nitrogen and oxygen atoms in total. The van der Waals surface area contributed by atoms with Gasteiger partial charge in [-0.15, -0.1) is 11.3 Å². The van der Waals surface area contributed by atoms with Crippen molar-refractivity contribution in [1.29, 1.82) is 0 Å². The molecular formula is C21H22N4O4S. The number of aryl methyl sites for hydroxylation is 1. The highest BCUT2D eigenvalue weighted by molar-refractivity contribution is 7.14. The molecule has 0 aliphatic carbocycles. The summed E-state index contributed by atoms with van der Waals surface area (Å²) >= 11 is 1.24. The van der Waals surface area contributed by atoms with E-state index in [-0.39, 0.29) is 30.1 Å². The number of thiazole rings is 1. The Morgan fingerprint density at radius 1 is 1.10 bits per heavy atom. The molecule has 0 atom stereocenters. The minimum atomic E-state index is -0.313. The van der Waals surface area contributed by atoms with E-state index >= 15 is 0 Å². The lowest BCUT2D eigenvalue weighted by Gasteiger charge is -2.10. The molecule has 2 heterocycles. The van der Waals surface area contributed by atoms with Gasteiger partial charge in [-0.25, -0.2) is 4.98 Å². The highest BCUT2D eigenvalue weighted by Gasteiger charge is 2.15. The summed E-state index contributed by atoms with van der Waals surface area (Å²) in [6, 6.07) is 8.53. The molecule has 0 bridgehead atoms. The lowest BCUT2D eigenvalue weighted by molar-refractivity contribution is -0.119. The van der Waals surface area contributed by atoms with Gasteiger partial charge < -0.3 is 15.1 Å². The molecule has 1 aromatic carbocycles. The van der Waals surface area contributed by atoms with Crippen molar-refractivity contribution in [2.75, 3.05) is 16.0 Å². The van der Waals surface area contributed by atoms with Crippen molar-refractivity contribution in [2.24, 2.45) is 5.92 Å². The van der Waals surface area contributed by atoms with Crippen LogP contribution in [-0.2, 0) is 16.0 Å². The molecule has 0 spiro atoms. The predicted octanol–water partition coefficient (Wildman–Crippen LogP) is 4.07. The Kier molecular flexibility index (Phi) is 6.63. The monoisotopic (exact) mass is 426 g/mol. The number of nitrogens with zero attached hydrogens (tertiary/aromatic N) is 1. The molecule has 0 aliphatic heterocycles. The SMILES string of the molecule is Cc1occc1C(=O)Nc1nc(CC(=O)Nc2cccc(NC(=O)C(C)C)c2)cs1. The van der Waals surface area contributed by atoms with Gasteiger partial charge in [-0.05, 0) is 31.2 Å². The van der Waals surface area contributed by atoms with Crippen LogP contribution in [0.25, 0.3) is 0 Å². The van der Waals surface area contributed by atoms with Crippen molar-refractivity contribution >= 4 is 45.6 Å². The second-order valence-corrected chi connectivity index (χ2v) is 7.80. The fraction of sp³-hybridized carbons (Fsp3) is 0.238. The number of carbonyl (C=O) groups is 3. The van der Waals surface area contributed by atoms with E-state index in [9.17, 15) is 14.4 Å². The summed E-state index contributed by atoms with van der Waals surface area (Å²) < 4.78 is 5.12. The van der Waals surface area contributed by atoms with E-state index in [0.717, 1.165) is 0 Å². The summed E-state index contributed by atoms with van der Waals surface area (Å²) in [5.74, 6) is -0.278. The van der Waals surface area contributed by atoms with Crippen molar-refractivity contribution in [1.82, 2.24) is 4.98 Å². The molecule has 3 rings (SSSR count). The molecule has 30 heavy (non-hydrogen) atoms. The molecule has 3 amide bonds. The first-order valence-corrected chi connectivity index (χ1v) is 10.2. The van der Waals surface area contributed by atoms with Crippen LogP contribution in [0.2, 0.25) is 0 Å². The maximum absolute atomic E-state index is 12.4. The second kappa shape index (κ2) is 9.36. The van der Waals surface area contributed by atoms with Crippen LogP contribution in [0, 0.1) is 12.8 Å². The van der Waals surface area contributed by atoms with Gasteiger partial charge >= 0.3 is 0 Å². The van der Waals surface area contributed by atoms with Crippen molar-refractivity contribution < 1.29 is 18.8 Å². The number of amides is 3. The van der Waals surface area contributed by atoms with Crippen LogP contribution in [0.15, 0.2) is 46.4 Å². The fourth-order valence-corrected chi connectivity index (χ4v) is 3.27. The molecule has 0 saturated heterocycles. The van der Waals surface area contributed by atoms with Gasteiger partial charge in [0.1, 0.15) is 5.76 Å². The highest BCUT2D eigenvalue weighted by atomic mass is 32.1. The summed E-state index contributed by atoms with van der Waals surface area (Å²) in [5, 5.41) is 10.4. The van der Waals surface area contributed by atoms with E-state index in [4.69, 9.17) is 4.42 Å². The zero-order chi connectivity index (χ0) is 21.7. The average molecular weight is 426 g/mol. The van der Waals surface area contributed by atoms with Crippen LogP contribution in [0.5, 0.6) is 0 Å². The summed E-state index contributed by atoms with van der Waals surface area (Å²) in [6.07, 6.45) is 1.50. The number of hydrogen-bond donors (Lipinski definition) is 3. The Morgan fingerprint density at radius 3 is 2.50 bits per heavy atom. The Hall–Kier alpha value is -3.46. The van der Waals surface area contributed by atoms with Gasteiger partial charge in [0.05, 0.1) is 23.9 Å². The van der Waals surface area contributed by atoms with Gasteiger partial charge in [0.25, 0.3) is 5.91 Å². The third-order valence-electron chi connectivity index (χ3n) is 4.16. The van der Waals surface area contributed by atoms with E-state index in [1.54, 1.807) is 42.6 Å². The van der Waals surface area contributed by atoms with Crippen molar-refractivity contribution in [3.63, 3.8) is 0 Å². The van der Waals surface area contributed by atoms with Crippen molar-refractivity contribution in [3.05, 3.63) is 59.0 Å². The smallest absolute Gasteiger partial charge is 0.260 e. The molecular weight excluding hydrogens is 404 g/mol. The normalized spacial score (nSPS) is 10.7. The van der Waals surface area contributed by atoms with Crippen LogP contribution >= 0.6 is 11.3 Å². The summed E-state index contributed by atoms with van der Waals surface area (Å²) in [6.45, 7) is 5.32. The number of carbonyl (C=O) groups excluding carboxylic acids is 3. The van der Waals surface area contributed by atoms with Gasteiger partial charge in [0, 0.05) is 22.7 Å². The number of benzene rings is 1. The van der Waals surface area contributed by atoms with Crippen molar-refractivity contribution in [3.8, 4) is 0 Å². The Morgan fingerprint density at radius 2 is 1.83 bits per heavy atom. The molecule has 0 saturated carbocycles. The maximum atomic E-state index is 12.4. The minimum absolute atomic E-state index is 0.0552. The van der Waals surface area contributed by atoms with E-state index in [1.807, 2.05) is 13.8 Å². The van der Waals surface area contributed by atoms with E-state index in [0.29, 0.717) is 33.5 Å². The number of aromatic nitrogens is 1. The zero-order valence-corrected chi connectivity index (χ0v) is 17.6. The number of anilines is 3. The maximum Gasteiger partial charge on any atom is 0.260 e. The first-order chi connectivity index (χ1) is 14.3. The van der Waals surface area contributed by atoms with Gasteiger partial charge in [0.2, 0.25) is 11.8 Å². The molecule has 0 unspecified atom stereocenters. The quantitative estimate of drug-likeness (QED) is 0.527. The van der Waals surface area contributed by atoms with Crippen LogP contribution < -0.4 is 16.0 Å². The average Bonchev–Trinajstić information content (AvgIpc) is 3.30. The molecule has 0 radical (unpaired) electrons. The largest absolute Gasteiger partial charge is 0.469 e. The first kappa shape index (κ1) is 21.3. The summed E-state index contributed by atoms with van der Waals surface area (Å²) in [5.41, 5.74) is 2.16. The lowest BCUT2D eigenvalue weighted by atomic mass is 10.2. The third kappa shape index (κ3) is 5.54. The van der Waals surface area contributed by atoms with Crippen LogP contribution in [-0.4, -0.2) is 22.7 Å². The minimum Gasteiger partial charge on any atom is -0.469 e. The predicted molar refractivity (Wildman–Crippen MR) is 116 cm³/mol. The molecule has 3 aromatic rings. The van der Waals surface area contributed by atoms with Crippen molar-refractivity contribution in [2.45, 2.75) is 27.2 Å². The summed E-state index contributed by atoms with van der Waals surface area (Å²) in [7, 11) is 0. The van der Waals surface area contributed by atoms with Gasteiger partial charge in [0.15, 0.2) is 5.13 Å². The van der Waals surface area contributed by atoms with Gasteiger partial charge in [-0.2, -0.15) is 0 Å². The third-order valence-corrected chi connectivity index (χ3v) is 4.96. The number of nitrogens with one attached hydrogen (secondary N) is 3. The zero-order valence-electron chi connectivity index (χ0n) is 16.8. The van der Waals surface area contributed by atoms with E-state index < -0.39 is 0 Å². The number of furan rings is 1. The lowest BCUT2D eigenvalue weighted by Crippen LogP contribution is -2.18. The fourth-order valence-electron chi connectivity index (χ4n) is 2.56. The van der Waals surface area contributed by atoms with Crippen LogP contribution in [0.4, 0.5) is 16.5 Å². The summed E-state index contributed by atoms with van der Waals surface area (Å²) in [4.78, 5) is 40.7. The Bertz CT molecular complexity index is 1070. The Labute approximate surface area is 177 Å². The topological polar surface area (TPSA) is 113 Å². The van der Waals surface area contributed by atoms with Crippen LogP contribution in [0.3, 0.4) is 0 Å². The second-order valence-electron chi connectivity index (χ2n) is 6.94. The molecule has 0 fully saturated rings. The first-order valence-electron chi connectivity index (χ1n) is 9.32. The number of hydrogen-bond acceptors (Lipinski definition) is 6. The highest BCUT2D eigenvalue weighted by Crippen LogP contribution is 2.20. The molecule has 2 aromatic heterocycles. The Balaban J connectivity index is 1.56. The van der Waals surface area contributed by atoms with Gasteiger partial charge in [-0.3, -0.25) is 19.7 Å². The van der Waals surface area contributed by atoms with Crippen LogP contribution in [0.1, 0.15) is 35.7 Å². The standard InChI is InChI=1S/C21H22N4O4S/c1-12(2)19(27)23-15-6-4-5-14(9-15)22-18(26)10-16-11-30-21(24-16)25-20(28)17-7-8-29-13(17)3/h4-9,11-12H,10H2,1-3H3,(H,22,26)(H,23,27)(H,24,25,28). The molecule has 9 heteroatoms. The molecule has 3 N–H and O–H groups in total. The molecule has 0 aliphatic rings. The molecule has 156 valence electrons. The van der Waals surface area contributed by atoms with E-state index in [2.05, 4.69) is 20.9 Å². The number of rotatable bonds is 7. The van der Waals surface area contributed by atoms with Gasteiger partial charge in [-0.1, -0.05) is 19.9 Å². The van der Waals surface area contributed by atoms with E-state index in [1.165, 1.54) is 17.6 Å².